The molecule has 0 bridgehead atoms. The topological polar surface area (TPSA) is 159 Å². The number of carbonyl (C=O) groups excluding carboxylic acids is 4. The average Bonchev–Trinajstić information content (AvgIpc) is 2.98. The summed E-state index contributed by atoms with van der Waals surface area (Å²) in [5, 5.41) is 3.54. The van der Waals surface area contributed by atoms with Crippen LogP contribution in [0.1, 0.15) is 75.9 Å². The summed E-state index contributed by atoms with van der Waals surface area (Å²) >= 11 is 6.44. The zero-order valence-electron chi connectivity index (χ0n) is 27.3. The molecule has 2 amide bonds. The molecule has 3 aromatic rings. The van der Waals surface area contributed by atoms with Gasteiger partial charge in [-0.25, -0.2) is 20.2 Å². The number of guanidine groups is 1. The number of rotatable bonds is 7. The summed E-state index contributed by atoms with van der Waals surface area (Å²) in [6.45, 7) is 11.8. The largest absolute Gasteiger partial charge is 0.460 e. The molecule has 0 aliphatic heterocycles. The van der Waals surface area contributed by atoms with Gasteiger partial charge in [-0.1, -0.05) is 48.0 Å². The summed E-state index contributed by atoms with van der Waals surface area (Å²) < 4.78 is 21.4. The molecule has 0 heterocycles. The van der Waals surface area contributed by atoms with E-state index >= 15 is 0 Å². The summed E-state index contributed by atoms with van der Waals surface area (Å²) in [4.78, 5) is 54.3. The summed E-state index contributed by atoms with van der Waals surface area (Å²) in [6.07, 6.45) is -1.97. The van der Waals surface area contributed by atoms with E-state index in [0.29, 0.717) is 16.3 Å². The molecule has 0 saturated carbocycles. The molecule has 3 aromatic carbocycles. The number of aliphatic imine (C=N–C) groups is 1. The molecule has 0 fully saturated rings. The Morgan fingerprint density at radius 3 is 2.09 bits per heavy atom. The van der Waals surface area contributed by atoms with Crippen molar-refractivity contribution in [2.75, 3.05) is 5.32 Å². The minimum absolute atomic E-state index is 0.137. The molecule has 47 heavy (non-hydrogen) atoms. The number of hydrazine groups is 1. The van der Waals surface area contributed by atoms with Gasteiger partial charge in [0.05, 0.1) is 11.5 Å². The van der Waals surface area contributed by atoms with Gasteiger partial charge in [0.25, 0.3) is 0 Å². The number of carbonyl (C=O) groups is 4. The molecule has 0 radical (unpaired) electrons. The van der Waals surface area contributed by atoms with Gasteiger partial charge in [-0.3, -0.25) is 4.79 Å². The van der Waals surface area contributed by atoms with Crippen LogP contribution in [-0.2, 0) is 25.6 Å². The lowest BCUT2D eigenvalue weighted by Crippen LogP contribution is -2.48. The van der Waals surface area contributed by atoms with E-state index in [1.807, 2.05) is 30.3 Å². The molecule has 0 saturated heterocycles. The first-order valence-corrected chi connectivity index (χ1v) is 15.0. The maximum atomic E-state index is 12.9. The Balaban J connectivity index is 1.68. The highest BCUT2D eigenvalue weighted by molar-refractivity contribution is 6.31. The second-order valence-corrected chi connectivity index (χ2v) is 12.8. The Morgan fingerprint density at radius 2 is 1.51 bits per heavy atom. The van der Waals surface area contributed by atoms with Crippen molar-refractivity contribution in [3.8, 4) is 5.75 Å². The number of nitrogens with one attached hydrogen (secondary N) is 1. The number of amides is 2. The molecule has 0 spiro atoms. The predicted molar refractivity (Wildman–Crippen MR) is 177 cm³/mol. The van der Waals surface area contributed by atoms with Crippen molar-refractivity contribution in [1.29, 1.82) is 0 Å². The molecular weight excluding hydrogens is 628 g/mol. The number of hydrogen-bond donors (Lipinski definition) is 2. The second kappa shape index (κ2) is 15.6. The number of benzene rings is 3. The fourth-order valence-electron chi connectivity index (χ4n) is 3.80. The van der Waals surface area contributed by atoms with Gasteiger partial charge in [-0.2, -0.15) is 5.01 Å². The van der Waals surface area contributed by atoms with Gasteiger partial charge in [0.2, 0.25) is 5.96 Å². The van der Waals surface area contributed by atoms with Crippen LogP contribution in [0.5, 0.6) is 5.75 Å². The van der Waals surface area contributed by atoms with Gasteiger partial charge < -0.3 is 24.3 Å². The Morgan fingerprint density at radius 1 is 0.894 bits per heavy atom. The third kappa shape index (κ3) is 11.7. The van der Waals surface area contributed by atoms with Crippen molar-refractivity contribution in [1.82, 2.24) is 5.01 Å². The fourth-order valence-corrected chi connectivity index (χ4v) is 4.13. The van der Waals surface area contributed by atoms with Gasteiger partial charge in [0.15, 0.2) is 0 Å². The number of anilines is 1. The molecule has 3 rings (SSSR count). The maximum Gasteiger partial charge on any atom is 0.437 e. The smallest absolute Gasteiger partial charge is 0.437 e. The number of nitrogens with two attached hydrogens (primary N) is 1. The minimum Gasteiger partial charge on any atom is -0.460 e. The monoisotopic (exact) mass is 666 g/mol. The molecule has 1 unspecified atom stereocenters. The highest BCUT2D eigenvalue weighted by atomic mass is 35.5. The van der Waals surface area contributed by atoms with Crippen molar-refractivity contribution in [3.63, 3.8) is 0 Å². The van der Waals surface area contributed by atoms with Crippen LogP contribution in [-0.4, -0.2) is 46.3 Å². The molecule has 13 heteroatoms. The number of nitrogens with zero attached hydrogens (tertiary/aromatic N) is 2. The zero-order valence-corrected chi connectivity index (χ0v) is 28.1. The summed E-state index contributed by atoms with van der Waals surface area (Å²) in [6, 6.07) is 19.8. The van der Waals surface area contributed by atoms with Crippen LogP contribution in [0.25, 0.3) is 0 Å². The highest BCUT2D eigenvalue weighted by Gasteiger charge is 2.26. The predicted octanol–water partition coefficient (Wildman–Crippen LogP) is 7.22. The average molecular weight is 667 g/mol. The minimum atomic E-state index is -0.998. The maximum absolute atomic E-state index is 12.9. The van der Waals surface area contributed by atoms with Crippen molar-refractivity contribution >= 4 is 47.4 Å². The summed E-state index contributed by atoms with van der Waals surface area (Å²) in [5.41, 5.74) is 0.159. The lowest BCUT2D eigenvalue weighted by atomic mass is 10.0. The van der Waals surface area contributed by atoms with E-state index in [0.717, 1.165) is 5.56 Å². The summed E-state index contributed by atoms with van der Waals surface area (Å²) in [7, 11) is 0. The van der Waals surface area contributed by atoms with Crippen LogP contribution >= 0.6 is 11.6 Å². The standard InChI is InChI=1S/C34H39ClN4O8/c1-21(28(40)44-20-22-11-9-8-10-12-22)26-18-17-25(19-27(26)35)45-29(41)23-13-15-24(16-14-23)37-30(38-31(42)46-33(2,3)4)39(36)32(43)47-34(5,6)7/h8-19,21H,20,36H2,1-7H3,(H,37,38,42). The number of hydrogen-bond acceptors (Lipinski definition) is 9. The number of ether oxygens (including phenoxy) is 4. The summed E-state index contributed by atoms with van der Waals surface area (Å²) in [5.74, 6) is 3.94. The first-order chi connectivity index (χ1) is 21.9. The molecule has 250 valence electrons. The zero-order chi connectivity index (χ0) is 34.9. The Kier molecular flexibility index (Phi) is 12.1. The van der Waals surface area contributed by atoms with Gasteiger partial charge in [0.1, 0.15) is 23.6 Å². The van der Waals surface area contributed by atoms with Crippen molar-refractivity contribution in [2.24, 2.45) is 10.8 Å². The van der Waals surface area contributed by atoms with E-state index in [9.17, 15) is 19.2 Å². The Labute approximate surface area is 278 Å². The highest BCUT2D eigenvalue weighted by Crippen LogP contribution is 2.30. The number of esters is 2. The van der Waals surface area contributed by atoms with Gasteiger partial charge >= 0.3 is 24.1 Å². The van der Waals surface area contributed by atoms with Crippen LogP contribution in [0, 0.1) is 0 Å². The second-order valence-electron chi connectivity index (χ2n) is 12.4. The van der Waals surface area contributed by atoms with Crippen LogP contribution in [0.4, 0.5) is 15.3 Å². The lowest BCUT2D eigenvalue weighted by molar-refractivity contribution is -0.146. The van der Waals surface area contributed by atoms with Crippen LogP contribution in [0.2, 0.25) is 5.02 Å². The van der Waals surface area contributed by atoms with Gasteiger partial charge in [-0.15, -0.1) is 4.99 Å². The van der Waals surface area contributed by atoms with Gasteiger partial charge in [-0.05, 0) is 96.0 Å². The van der Waals surface area contributed by atoms with E-state index in [4.69, 9.17) is 36.4 Å². The third-order valence-electron chi connectivity index (χ3n) is 6.01. The molecule has 1 atom stereocenters. The molecule has 3 N–H and O–H groups in total. The molecule has 0 aliphatic carbocycles. The molecular formula is C34H39ClN4O8. The number of halogens is 1. The Bertz CT molecular complexity index is 1610. The van der Waals surface area contributed by atoms with E-state index in [1.165, 1.54) is 36.4 Å². The van der Waals surface area contributed by atoms with E-state index in [2.05, 4.69) is 10.3 Å². The van der Waals surface area contributed by atoms with E-state index < -0.39 is 41.2 Å². The Hall–Kier alpha value is -4.94. The molecule has 0 aromatic heterocycles. The van der Waals surface area contributed by atoms with Gasteiger partial charge in [0, 0.05) is 10.7 Å². The third-order valence-corrected chi connectivity index (χ3v) is 6.34. The normalized spacial score (nSPS) is 12.4. The van der Waals surface area contributed by atoms with Crippen LogP contribution in [0.15, 0.2) is 77.8 Å². The molecule has 0 aliphatic rings. The molecule has 12 nitrogen and oxygen atoms in total. The van der Waals surface area contributed by atoms with Crippen molar-refractivity contribution in [2.45, 2.75) is 72.2 Å². The first kappa shape index (κ1) is 36.5. The van der Waals surface area contributed by atoms with E-state index in [-0.39, 0.29) is 28.9 Å². The SMILES string of the molecule is CC(C(=O)OCc1ccccc1)c1ccc(OC(=O)c2ccc(N/C(=N/C(=O)OC(C)(C)C)N(N)C(=O)OC(C)(C)C)cc2)cc1Cl. The van der Waals surface area contributed by atoms with E-state index in [1.54, 1.807) is 54.5 Å². The quantitative estimate of drug-likeness (QED) is 0.0385. The van der Waals surface area contributed by atoms with Crippen molar-refractivity contribution in [3.05, 3.63) is 94.5 Å². The first-order valence-electron chi connectivity index (χ1n) is 14.6. The van der Waals surface area contributed by atoms with Crippen LogP contribution < -0.4 is 15.9 Å². The lowest BCUT2D eigenvalue weighted by Gasteiger charge is -2.25. The fraction of sp³-hybridized carbons (Fsp3) is 0.324. The van der Waals surface area contributed by atoms with Crippen LogP contribution in [0.3, 0.4) is 0 Å². The van der Waals surface area contributed by atoms with Crippen molar-refractivity contribution < 1.29 is 38.1 Å².